The number of fused-ring (bicyclic) bond motifs is 3. The van der Waals surface area contributed by atoms with E-state index in [9.17, 15) is 0 Å². The van der Waals surface area contributed by atoms with Crippen LogP contribution in [0.15, 0.2) is 291 Å². The van der Waals surface area contributed by atoms with E-state index in [1.165, 1.54) is 38.0 Å². The number of nitrogens with zero attached hydrogens (tertiary/aromatic N) is 4. The van der Waals surface area contributed by atoms with Crippen molar-refractivity contribution < 1.29 is 0 Å². The van der Waals surface area contributed by atoms with Crippen LogP contribution in [0, 0.1) is 0 Å². The molecule has 334 valence electrons. The lowest BCUT2D eigenvalue weighted by molar-refractivity contribution is 0.777. The SMILES string of the molecule is C1=CC(N(c2ccccc2)c2ccc3ccccc3c2)CC=C1N(c1ccc(N(c2ccccc2)c2ccc3ccccc3c2)cc1)c1ccc(N(c2ccccc2)c2ccc3ccccc3c2)cc1. The molecule has 0 fully saturated rings. The first-order valence-electron chi connectivity index (χ1n) is 24.1. The average molecular weight is 899 g/mol. The van der Waals surface area contributed by atoms with Crippen LogP contribution in [-0.4, -0.2) is 6.04 Å². The van der Waals surface area contributed by atoms with Gasteiger partial charge in [-0.05, 0) is 166 Å². The molecule has 12 rings (SSSR count). The second kappa shape index (κ2) is 18.9. The molecule has 4 heteroatoms. The van der Waals surface area contributed by atoms with Crippen molar-refractivity contribution in [2.45, 2.75) is 12.5 Å². The van der Waals surface area contributed by atoms with E-state index in [0.29, 0.717) is 0 Å². The van der Waals surface area contributed by atoms with E-state index in [4.69, 9.17) is 0 Å². The summed E-state index contributed by atoms with van der Waals surface area (Å²) in [7, 11) is 0. The van der Waals surface area contributed by atoms with Crippen molar-refractivity contribution in [1.29, 1.82) is 0 Å². The van der Waals surface area contributed by atoms with E-state index in [1.54, 1.807) is 0 Å². The lowest BCUT2D eigenvalue weighted by Gasteiger charge is -2.35. The molecule has 0 saturated heterocycles. The van der Waals surface area contributed by atoms with Crippen LogP contribution >= 0.6 is 0 Å². The molecule has 0 bridgehead atoms. The minimum absolute atomic E-state index is 0.0988. The zero-order chi connectivity index (χ0) is 46.6. The fourth-order valence-corrected chi connectivity index (χ4v) is 10.0. The molecule has 0 N–H and O–H groups in total. The third-order valence-electron chi connectivity index (χ3n) is 13.4. The predicted molar refractivity (Wildman–Crippen MR) is 298 cm³/mol. The third kappa shape index (κ3) is 8.44. The summed E-state index contributed by atoms with van der Waals surface area (Å²) in [4.78, 5) is 9.56. The van der Waals surface area contributed by atoms with E-state index in [1.807, 2.05) is 0 Å². The molecule has 11 aromatic rings. The Balaban J connectivity index is 0.937. The van der Waals surface area contributed by atoms with Gasteiger partial charge in [0.05, 0.1) is 6.04 Å². The number of hydrogen-bond donors (Lipinski definition) is 0. The number of para-hydroxylation sites is 3. The van der Waals surface area contributed by atoms with Crippen molar-refractivity contribution in [3.8, 4) is 0 Å². The molecule has 4 nitrogen and oxygen atoms in total. The van der Waals surface area contributed by atoms with Crippen LogP contribution in [0.25, 0.3) is 32.3 Å². The first kappa shape index (κ1) is 42.2. The monoisotopic (exact) mass is 898 g/mol. The molecular formula is C66H50N4. The molecule has 11 aromatic carbocycles. The van der Waals surface area contributed by atoms with E-state index >= 15 is 0 Å². The maximum atomic E-state index is 2.47. The van der Waals surface area contributed by atoms with Gasteiger partial charge in [-0.1, -0.05) is 158 Å². The Bertz CT molecular complexity index is 3480. The Hall–Kier alpha value is -9.12. The van der Waals surface area contributed by atoms with Gasteiger partial charge in [0.1, 0.15) is 0 Å². The molecule has 1 aliphatic carbocycles. The van der Waals surface area contributed by atoms with Crippen molar-refractivity contribution in [2.75, 3.05) is 19.6 Å². The summed E-state index contributed by atoms with van der Waals surface area (Å²) < 4.78 is 0. The number of allylic oxidation sites excluding steroid dienone is 1. The largest absolute Gasteiger partial charge is 0.334 e. The van der Waals surface area contributed by atoms with Crippen LogP contribution in [0.5, 0.6) is 0 Å². The molecular weight excluding hydrogens is 849 g/mol. The van der Waals surface area contributed by atoms with Gasteiger partial charge in [0, 0.05) is 62.6 Å². The van der Waals surface area contributed by atoms with Gasteiger partial charge in [-0.25, -0.2) is 0 Å². The second-order valence-electron chi connectivity index (χ2n) is 17.8. The maximum Gasteiger partial charge on any atom is 0.0561 e. The molecule has 0 amide bonds. The van der Waals surface area contributed by atoms with Gasteiger partial charge in [-0.3, -0.25) is 0 Å². The third-order valence-corrected chi connectivity index (χ3v) is 13.4. The molecule has 0 heterocycles. The number of benzene rings is 11. The number of rotatable bonds is 12. The zero-order valence-electron chi connectivity index (χ0n) is 38.7. The lowest BCUT2D eigenvalue weighted by atomic mass is 10.0. The van der Waals surface area contributed by atoms with Gasteiger partial charge in [0.25, 0.3) is 0 Å². The topological polar surface area (TPSA) is 13.0 Å². The summed E-state index contributed by atoms with van der Waals surface area (Å²) in [5.41, 5.74) is 12.2. The normalized spacial score (nSPS) is 13.3. The Labute approximate surface area is 410 Å². The molecule has 0 aromatic heterocycles. The standard InChI is InChI=1S/C66H50N4/c1-4-22-55(23-5-1)68(64-31-28-49-16-10-13-19-52(49)46-64)61-40-34-58(35-41-61)67(59-36-42-62(43-37-59)69(56-24-6-2-7-25-56)65-32-29-50-17-11-14-20-53(50)47-65)60-38-44-63(45-39-60)70(57-26-8-3-9-27-57)66-33-30-51-18-12-15-21-54(51)48-66/h1-44,46-48,63H,45H2. The summed E-state index contributed by atoms with van der Waals surface area (Å²) in [6.07, 6.45) is 7.90. The van der Waals surface area contributed by atoms with Crippen LogP contribution in [0.4, 0.5) is 56.9 Å². The van der Waals surface area contributed by atoms with Crippen molar-refractivity contribution in [2.24, 2.45) is 0 Å². The first-order chi connectivity index (χ1) is 34.7. The van der Waals surface area contributed by atoms with E-state index in [-0.39, 0.29) is 6.04 Å². The van der Waals surface area contributed by atoms with Crippen LogP contribution in [0.1, 0.15) is 6.42 Å². The summed E-state index contributed by atoms with van der Waals surface area (Å²) in [6.45, 7) is 0. The van der Waals surface area contributed by atoms with Gasteiger partial charge in [0.15, 0.2) is 0 Å². The van der Waals surface area contributed by atoms with Crippen LogP contribution in [0.3, 0.4) is 0 Å². The number of anilines is 10. The highest BCUT2D eigenvalue weighted by atomic mass is 15.2. The predicted octanol–water partition coefficient (Wildman–Crippen LogP) is 18.3. The Morgan fingerprint density at radius 1 is 0.257 bits per heavy atom. The van der Waals surface area contributed by atoms with Gasteiger partial charge >= 0.3 is 0 Å². The number of hydrogen-bond acceptors (Lipinski definition) is 4. The Kier molecular flexibility index (Phi) is 11.4. The minimum atomic E-state index is 0.0988. The summed E-state index contributed by atoms with van der Waals surface area (Å²) in [6, 6.07) is 96.2. The van der Waals surface area contributed by atoms with E-state index < -0.39 is 0 Å². The lowest BCUT2D eigenvalue weighted by Crippen LogP contribution is -2.31. The Morgan fingerprint density at radius 2 is 0.571 bits per heavy atom. The van der Waals surface area contributed by atoms with Crippen molar-refractivity contribution >= 4 is 89.2 Å². The van der Waals surface area contributed by atoms with E-state index in [2.05, 4.69) is 305 Å². The minimum Gasteiger partial charge on any atom is -0.334 e. The highest BCUT2D eigenvalue weighted by molar-refractivity contribution is 5.92. The van der Waals surface area contributed by atoms with Gasteiger partial charge < -0.3 is 19.6 Å². The molecule has 70 heavy (non-hydrogen) atoms. The smallest absolute Gasteiger partial charge is 0.0561 e. The van der Waals surface area contributed by atoms with Gasteiger partial charge in [-0.15, -0.1) is 0 Å². The molecule has 0 spiro atoms. The van der Waals surface area contributed by atoms with Crippen LogP contribution in [0.2, 0.25) is 0 Å². The molecule has 0 radical (unpaired) electrons. The van der Waals surface area contributed by atoms with Crippen molar-refractivity contribution in [3.05, 3.63) is 291 Å². The average Bonchev–Trinajstić information content (AvgIpc) is 3.43. The molecule has 1 unspecified atom stereocenters. The van der Waals surface area contributed by atoms with Crippen LogP contribution < -0.4 is 19.6 Å². The maximum absolute atomic E-state index is 2.47. The van der Waals surface area contributed by atoms with Crippen LogP contribution in [-0.2, 0) is 0 Å². The fraction of sp³-hybridized carbons (Fsp3) is 0.0303. The van der Waals surface area contributed by atoms with Crippen molar-refractivity contribution in [3.63, 3.8) is 0 Å². The summed E-state index contributed by atoms with van der Waals surface area (Å²) >= 11 is 0. The quantitative estimate of drug-likeness (QED) is 0.121. The van der Waals surface area contributed by atoms with Gasteiger partial charge in [-0.2, -0.15) is 0 Å². The molecule has 1 aliphatic rings. The van der Waals surface area contributed by atoms with Crippen molar-refractivity contribution in [1.82, 2.24) is 0 Å². The van der Waals surface area contributed by atoms with Gasteiger partial charge in [0.2, 0.25) is 0 Å². The highest BCUT2D eigenvalue weighted by Gasteiger charge is 2.24. The Morgan fingerprint density at radius 3 is 0.971 bits per heavy atom. The highest BCUT2D eigenvalue weighted by Crippen LogP contribution is 2.42. The fourth-order valence-electron chi connectivity index (χ4n) is 10.0. The molecule has 0 saturated carbocycles. The first-order valence-corrected chi connectivity index (χ1v) is 24.1. The summed E-state index contributed by atoms with van der Waals surface area (Å²) in [5, 5.41) is 7.33. The summed E-state index contributed by atoms with van der Waals surface area (Å²) in [5.74, 6) is 0. The molecule has 0 aliphatic heterocycles. The molecule has 1 atom stereocenters. The van der Waals surface area contributed by atoms with E-state index in [0.717, 1.165) is 63.3 Å². The second-order valence-corrected chi connectivity index (χ2v) is 17.8. The zero-order valence-corrected chi connectivity index (χ0v) is 38.7.